The van der Waals surface area contributed by atoms with Gasteiger partial charge in [-0.25, -0.2) is 9.11 Å². The lowest BCUT2D eigenvalue weighted by atomic mass is 9.98. The summed E-state index contributed by atoms with van der Waals surface area (Å²) in [6.45, 7) is 3.16. The molecule has 3 fully saturated rings. The van der Waals surface area contributed by atoms with Crippen LogP contribution in [0.15, 0.2) is 30.3 Å². The van der Waals surface area contributed by atoms with Gasteiger partial charge in [-0.1, -0.05) is 23.2 Å². The predicted octanol–water partition coefficient (Wildman–Crippen LogP) is 4.13. The van der Waals surface area contributed by atoms with Crippen molar-refractivity contribution in [3.63, 3.8) is 0 Å². The highest BCUT2D eigenvalue weighted by Crippen LogP contribution is 2.43. The molecular formula is C25H28Cl2FN3O4S. The third-order valence-corrected chi connectivity index (χ3v) is 8.79. The minimum atomic E-state index is -3.95. The molecule has 3 aliphatic rings. The van der Waals surface area contributed by atoms with Crippen molar-refractivity contribution in [2.24, 2.45) is 0 Å². The van der Waals surface area contributed by atoms with E-state index in [2.05, 4.69) is 4.90 Å². The summed E-state index contributed by atoms with van der Waals surface area (Å²) in [5.74, 6) is -1.40. The van der Waals surface area contributed by atoms with Crippen LogP contribution in [0.1, 0.15) is 52.2 Å². The molecule has 0 aromatic heterocycles. The molecule has 36 heavy (non-hydrogen) atoms. The number of carbonyl (C=O) groups is 1. The maximum atomic E-state index is 15.1. The summed E-state index contributed by atoms with van der Waals surface area (Å²) in [5, 5.41) is 1.16. The number of rotatable bonds is 8. The number of ether oxygens (including phenoxy) is 1. The van der Waals surface area contributed by atoms with Crippen LogP contribution in [0.4, 0.5) is 4.39 Å². The molecule has 1 amide bonds. The van der Waals surface area contributed by atoms with Gasteiger partial charge >= 0.3 is 10.2 Å². The van der Waals surface area contributed by atoms with Crippen LogP contribution < -0.4 is 4.72 Å². The van der Waals surface area contributed by atoms with Crippen molar-refractivity contribution in [3.05, 3.63) is 68.4 Å². The van der Waals surface area contributed by atoms with Gasteiger partial charge < -0.3 is 4.74 Å². The number of hydrogen-bond acceptors (Lipinski definition) is 5. The van der Waals surface area contributed by atoms with Gasteiger partial charge in [0.25, 0.3) is 5.91 Å². The highest BCUT2D eigenvalue weighted by atomic mass is 35.5. The second-order valence-electron chi connectivity index (χ2n) is 9.70. The summed E-state index contributed by atoms with van der Waals surface area (Å²) < 4.78 is 48.8. The van der Waals surface area contributed by atoms with Crippen LogP contribution in [-0.4, -0.2) is 62.4 Å². The topological polar surface area (TPSA) is 79.0 Å². The molecule has 11 heteroatoms. The van der Waals surface area contributed by atoms with Crippen LogP contribution in [0.25, 0.3) is 0 Å². The summed E-state index contributed by atoms with van der Waals surface area (Å²) in [6.07, 6.45) is 3.28. The number of halogens is 3. The molecule has 1 atom stereocenters. The average Bonchev–Trinajstić information content (AvgIpc) is 3.56. The minimum Gasteiger partial charge on any atom is -0.375 e. The number of carbonyl (C=O) groups excluding carboxylic acids is 1. The van der Waals surface area contributed by atoms with E-state index in [1.54, 1.807) is 6.07 Å². The van der Waals surface area contributed by atoms with Crippen molar-refractivity contribution in [1.29, 1.82) is 0 Å². The fourth-order valence-corrected chi connectivity index (χ4v) is 6.54. The highest BCUT2D eigenvalue weighted by molar-refractivity contribution is 7.87. The van der Waals surface area contributed by atoms with E-state index in [1.165, 1.54) is 16.4 Å². The van der Waals surface area contributed by atoms with Crippen LogP contribution in [-0.2, 0) is 27.9 Å². The molecular weight excluding hydrogens is 528 g/mol. The number of amides is 1. The molecule has 1 aliphatic carbocycles. The zero-order chi connectivity index (χ0) is 25.4. The summed E-state index contributed by atoms with van der Waals surface area (Å²) in [5.41, 5.74) is 2.49. The zero-order valence-corrected chi connectivity index (χ0v) is 22.0. The van der Waals surface area contributed by atoms with Gasteiger partial charge in [-0.15, -0.1) is 0 Å². The smallest absolute Gasteiger partial charge is 0.304 e. The standard InChI is InChI=1S/C25H28Cl2FN3O4S/c26-19-8-16(9-20(27)12-19)10-21-15-30(6-7-35-21)14-18-11-24(28)23(13-22(18)17-2-3-17)25(32)29-36(33,34)31-4-1-5-31/h8-9,11-13,17,21H,1-7,10,14-15H2,(H,29,32). The Bertz CT molecular complexity index is 1250. The van der Waals surface area contributed by atoms with Gasteiger partial charge in [0.2, 0.25) is 0 Å². The lowest BCUT2D eigenvalue weighted by molar-refractivity contribution is -0.0305. The van der Waals surface area contributed by atoms with Gasteiger partial charge in [0, 0.05) is 42.8 Å². The monoisotopic (exact) mass is 555 g/mol. The first-order valence-electron chi connectivity index (χ1n) is 12.1. The number of morpholine rings is 1. The minimum absolute atomic E-state index is 0.0562. The van der Waals surface area contributed by atoms with E-state index < -0.39 is 21.9 Å². The van der Waals surface area contributed by atoms with Crippen molar-refractivity contribution in [2.75, 3.05) is 32.8 Å². The molecule has 0 bridgehead atoms. The van der Waals surface area contributed by atoms with Crippen LogP contribution in [0, 0.1) is 5.82 Å². The Hall–Kier alpha value is -1.75. The van der Waals surface area contributed by atoms with Gasteiger partial charge in [-0.3, -0.25) is 9.69 Å². The molecule has 0 radical (unpaired) electrons. The SMILES string of the molecule is O=C(NS(=O)(=O)N1CCC1)c1cc(C2CC2)c(CN2CCOC(Cc3cc(Cl)cc(Cl)c3)C2)cc1F. The van der Waals surface area contributed by atoms with Crippen molar-refractivity contribution in [3.8, 4) is 0 Å². The second kappa shape index (κ2) is 10.6. The van der Waals surface area contributed by atoms with Gasteiger partial charge in [0.05, 0.1) is 18.3 Å². The average molecular weight is 556 g/mol. The Morgan fingerprint density at radius 2 is 1.81 bits per heavy atom. The van der Waals surface area contributed by atoms with E-state index in [0.29, 0.717) is 55.8 Å². The molecule has 2 saturated heterocycles. The first-order chi connectivity index (χ1) is 17.2. The zero-order valence-electron chi connectivity index (χ0n) is 19.7. The summed E-state index contributed by atoms with van der Waals surface area (Å²) >= 11 is 12.3. The molecule has 2 heterocycles. The summed E-state index contributed by atoms with van der Waals surface area (Å²) in [7, 11) is -3.95. The molecule has 194 valence electrons. The van der Waals surface area contributed by atoms with Crippen molar-refractivity contribution >= 4 is 39.3 Å². The number of benzene rings is 2. The fourth-order valence-electron chi connectivity index (χ4n) is 4.76. The third-order valence-electron chi connectivity index (χ3n) is 6.87. The number of nitrogens with zero attached hydrogens (tertiary/aromatic N) is 2. The summed E-state index contributed by atoms with van der Waals surface area (Å²) in [4.78, 5) is 14.9. The van der Waals surface area contributed by atoms with E-state index in [9.17, 15) is 13.2 Å². The molecule has 2 aromatic carbocycles. The van der Waals surface area contributed by atoms with Crippen molar-refractivity contribution in [2.45, 2.75) is 44.2 Å². The molecule has 2 aromatic rings. The fraction of sp³-hybridized carbons (Fsp3) is 0.480. The highest BCUT2D eigenvalue weighted by Gasteiger charge is 2.33. The first-order valence-corrected chi connectivity index (χ1v) is 14.3. The molecule has 0 spiro atoms. The number of hydrogen-bond donors (Lipinski definition) is 1. The Morgan fingerprint density at radius 1 is 1.08 bits per heavy atom. The lowest BCUT2D eigenvalue weighted by Gasteiger charge is -2.33. The largest absolute Gasteiger partial charge is 0.375 e. The molecule has 1 unspecified atom stereocenters. The van der Waals surface area contributed by atoms with E-state index in [-0.39, 0.29) is 17.6 Å². The van der Waals surface area contributed by atoms with Crippen molar-refractivity contribution in [1.82, 2.24) is 13.9 Å². The molecule has 5 rings (SSSR count). The number of nitrogens with one attached hydrogen (secondary N) is 1. The summed E-state index contributed by atoms with van der Waals surface area (Å²) in [6, 6.07) is 8.37. The van der Waals surface area contributed by atoms with E-state index in [1.807, 2.05) is 16.9 Å². The molecule has 1 N–H and O–H groups in total. The van der Waals surface area contributed by atoms with E-state index >= 15 is 4.39 Å². The van der Waals surface area contributed by atoms with Gasteiger partial charge in [-0.2, -0.15) is 12.7 Å². The Balaban J connectivity index is 1.30. The Kier molecular flexibility index (Phi) is 7.59. The van der Waals surface area contributed by atoms with Gasteiger partial charge in [0.15, 0.2) is 0 Å². The maximum Gasteiger partial charge on any atom is 0.304 e. The normalized spacial score (nSPS) is 21.2. The first kappa shape index (κ1) is 25.9. The van der Waals surface area contributed by atoms with Crippen LogP contribution >= 0.6 is 23.2 Å². The second-order valence-corrected chi connectivity index (χ2v) is 12.2. The van der Waals surface area contributed by atoms with Crippen LogP contribution in [0.2, 0.25) is 10.0 Å². The van der Waals surface area contributed by atoms with Crippen LogP contribution in [0.3, 0.4) is 0 Å². The Labute approximate surface area is 220 Å². The van der Waals surface area contributed by atoms with Gasteiger partial charge in [0.1, 0.15) is 5.82 Å². The third kappa shape index (κ3) is 6.03. The quantitative estimate of drug-likeness (QED) is 0.529. The Morgan fingerprint density at radius 3 is 2.44 bits per heavy atom. The van der Waals surface area contributed by atoms with E-state index in [4.69, 9.17) is 27.9 Å². The van der Waals surface area contributed by atoms with Crippen molar-refractivity contribution < 1.29 is 22.3 Å². The maximum absolute atomic E-state index is 15.1. The lowest BCUT2D eigenvalue weighted by Crippen LogP contribution is -2.49. The predicted molar refractivity (Wildman–Crippen MR) is 136 cm³/mol. The van der Waals surface area contributed by atoms with Crippen LogP contribution in [0.5, 0.6) is 0 Å². The molecule has 2 aliphatic heterocycles. The molecule has 1 saturated carbocycles. The van der Waals surface area contributed by atoms with E-state index in [0.717, 1.165) is 36.0 Å². The van der Waals surface area contributed by atoms with Gasteiger partial charge in [-0.05, 0) is 78.6 Å². The molecule has 7 nitrogen and oxygen atoms in total.